The second kappa shape index (κ2) is 5.97. The van der Waals surface area contributed by atoms with E-state index in [4.69, 9.17) is 23.7 Å². The molecule has 1 aromatic rings. The van der Waals surface area contributed by atoms with Gasteiger partial charge in [0.25, 0.3) is 0 Å². The van der Waals surface area contributed by atoms with Crippen molar-refractivity contribution in [2.75, 3.05) is 18.0 Å². The third kappa shape index (κ3) is 3.67. The molecule has 0 saturated carbocycles. The molecule has 0 aliphatic heterocycles. The van der Waals surface area contributed by atoms with Crippen LogP contribution in [-0.2, 0) is 4.79 Å². The SMILES string of the molecule is CCN(CC(N)=O)c1ccc(C(N)=S)c(Br)c1. The van der Waals surface area contributed by atoms with Crippen LogP contribution in [0.15, 0.2) is 22.7 Å². The molecular formula is C11H14BrN3OS. The van der Waals surface area contributed by atoms with Crippen LogP contribution in [0.1, 0.15) is 12.5 Å². The first kappa shape index (κ1) is 13.9. The van der Waals surface area contributed by atoms with Crippen molar-refractivity contribution in [3.8, 4) is 0 Å². The summed E-state index contributed by atoms with van der Waals surface area (Å²) in [5.41, 5.74) is 12.4. The fourth-order valence-electron chi connectivity index (χ4n) is 1.47. The molecule has 1 aromatic carbocycles. The topological polar surface area (TPSA) is 72.3 Å². The minimum absolute atomic E-state index is 0.190. The third-order valence-electron chi connectivity index (χ3n) is 2.31. The average Bonchev–Trinajstić information content (AvgIpc) is 2.24. The van der Waals surface area contributed by atoms with E-state index in [1.54, 1.807) is 0 Å². The number of anilines is 1. The van der Waals surface area contributed by atoms with Gasteiger partial charge < -0.3 is 16.4 Å². The number of hydrogen-bond acceptors (Lipinski definition) is 3. The highest BCUT2D eigenvalue weighted by Crippen LogP contribution is 2.24. The maximum Gasteiger partial charge on any atom is 0.236 e. The Bertz CT molecular complexity index is 450. The Kier molecular flexibility index (Phi) is 4.89. The quantitative estimate of drug-likeness (QED) is 0.806. The molecule has 1 rings (SSSR count). The molecule has 0 radical (unpaired) electrons. The van der Waals surface area contributed by atoms with Crippen molar-refractivity contribution in [1.82, 2.24) is 0 Å². The molecule has 0 spiro atoms. The number of likely N-dealkylation sites (N-methyl/N-ethyl adjacent to an activating group) is 1. The molecule has 6 heteroatoms. The zero-order valence-electron chi connectivity index (χ0n) is 9.44. The van der Waals surface area contributed by atoms with Crippen molar-refractivity contribution in [3.05, 3.63) is 28.2 Å². The van der Waals surface area contributed by atoms with Crippen LogP contribution in [0.3, 0.4) is 0 Å². The van der Waals surface area contributed by atoms with E-state index in [1.807, 2.05) is 30.0 Å². The summed E-state index contributed by atoms with van der Waals surface area (Å²) in [7, 11) is 0. The number of amides is 1. The summed E-state index contributed by atoms with van der Waals surface area (Å²) in [6.45, 7) is 2.84. The molecule has 0 aromatic heterocycles. The van der Waals surface area contributed by atoms with Gasteiger partial charge in [0.1, 0.15) is 4.99 Å². The van der Waals surface area contributed by atoms with E-state index >= 15 is 0 Å². The van der Waals surface area contributed by atoms with Crippen molar-refractivity contribution in [1.29, 1.82) is 0 Å². The van der Waals surface area contributed by atoms with Crippen LogP contribution >= 0.6 is 28.1 Å². The van der Waals surface area contributed by atoms with E-state index in [1.165, 1.54) is 0 Å². The van der Waals surface area contributed by atoms with Gasteiger partial charge in [0.05, 0.1) is 6.54 Å². The van der Waals surface area contributed by atoms with E-state index in [0.717, 1.165) is 15.7 Å². The van der Waals surface area contributed by atoms with Gasteiger partial charge in [-0.2, -0.15) is 0 Å². The Morgan fingerprint density at radius 1 is 1.47 bits per heavy atom. The van der Waals surface area contributed by atoms with E-state index in [0.29, 0.717) is 11.5 Å². The Morgan fingerprint density at radius 3 is 2.53 bits per heavy atom. The molecule has 0 saturated heterocycles. The predicted molar refractivity (Wildman–Crippen MR) is 77.1 cm³/mol. The molecule has 1 amide bonds. The molecule has 0 aliphatic carbocycles. The van der Waals surface area contributed by atoms with Crippen LogP contribution in [-0.4, -0.2) is 24.0 Å². The van der Waals surface area contributed by atoms with Crippen LogP contribution in [0.25, 0.3) is 0 Å². The van der Waals surface area contributed by atoms with Crippen LogP contribution in [0.2, 0.25) is 0 Å². The normalized spacial score (nSPS) is 10.0. The lowest BCUT2D eigenvalue weighted by molar-refractivity contribution is -0.116. The number of halogens is 1. The smallest absolute Gasteiger partial charge is 0.236 e. The van der Waals surface area contributed by atoms with Crippen LogP contribution < -0.4 is 16.4 Å². The Morgan fingerprint density at radius 2 is 2.12 bits per heavy atom. The highest BCUT2D eigenvalue weighted by molar-refractivity contribution is 9.10. The zero-order chi connectivity index (χ0) is 13.0. The molecule has 0 fully saturated rings. The molecule has 4 nitrogen and oxygen atoms in total. The first-order valence-corrected chi connectivity index (χ1v) is 6.28. The highest BCUT2D eigenvalue weighted by Gasteiger charge is 2.10. The van der Waals surface area contributed by atoms with Gasteiger partial charge in [-0.3, -0.25) is 4.79 Å². The number of nitrogens with zero attached hydrogens (tertiary/aromatic N) is 1. The number of primary amides is 1. The fourth-order valence-corrected chi connectivity index (χ4v) is 2.36. The van der Waals surface area contributed by atoms with Gasteiger partial charge in [-0.25, -0.2) is 0 Å². The number of carbonyl (C=O) groups is 1. The standard InChI is InChI=1S/C11H14BrN3OS/c1-2-15(6-10(13)16)7-3-4-8(11(14)17)9(12)5-7/h3-5H,2,6H2,1H3,(H2,13,16)(H2,14,17). The molecule has 0 bridgehead atoms. The highest BCUT2D eigenvalue weighted by atomic mass is 79.9. The van der Waals surface area contributed by atoms with Gasteiger partial charge in [-0.15, -0.1) is 0 Å². The van der Waals surface area contributed by atoms with Crippen LogP contribution in [0.5, 0.6) is 0 Å². The first-order valence-electron chi connectivity index (χ1n) is 5.08. The van der Waals surface area contributed by atoms with Gasteiger partial charge in [0.2, 0.25) is 5.91 Å². The lowest BCUT2D eigenvalue weighted by Crippen LogP contribution is -2.33. The predicted octanol–water partition coefficient (Wildman–Crippen LogP) is 1.39. The van der Waals surface area contributed by atoms with Crippen molar-refractivity contribution >= 4 is 44.7 Å². The number of carbonyl (C=O) groups excluding carboxylic acids is 1. The Hall–Kier alpha value is -1.14. The van der Waals surface area contributed by atoms with Crippen molar-refractivity contribution in [2.24, 2.45) is 11.5 Å². The molecular weight excluding hydrogens is 302 g/mol. The summed E-state index contributed by atoms with van der Waals surface area (Å²) in [5, 5.41) is 0. The lowest BCUT2D eigenvalue weighted by Gasteiger charge is -2.22. The largest absolute Gasteiger partial charge is 0.389 e. The minimum Gasteiger partial charge on any atom is -0.389 e. The summed E-state index contributed by atoms with van der Waals surface area (Å²) in [5.74, 6) is -0.360. The molecule has 0 atom stereocenters. The zero-order valence-corrected chi connectivity index (χ0v) is 11.8. The van der Waals surface area contributed by atoms with E-state index in [-0.39, 0.29) is 12.5 Å². The van der Waals surface area contributed by atoms with E-state index < -0.39 is 0 Å². The first-order chi connectivity index (χ1) is 7.95. The van der Waals surface area contributed by atoms with Crippen molar-refractivity contribution in [2.45, 2.75) is 6.92 Å². The monoisotopic (exact) mass is 315 g/mol. The molecule has 92 valence electrons. The molecule has 4 N–H and O–H groups in total. The molecule has 0 unspecified atom stereocenters. The second-order valence-electron chi connectivity index (χ2n) is 3.51. The fraction of sp³-hybridized carbons (Fsp3) is 0.273. The summed E-state index contributed by atoms with van der Waals surface area (Å²) >= 11 is 8.32. The minimum atomic E-state index is -0.360. The van der Waals surface area contributed by atoms with Crippen LogP contribution in [0, 0.1) is 0 Å². The average molecular weight is 316 g/mol. The number of rotatable bonds is 5. The van der Waals surface area contributed by atoms with Gasteiger partial charge in [0, 0.05) is 22.3 Å². The summed E-state index contributed by atoms with van der Waals surface area (Å²) in [6, 6.07) is 5.57. The van der Waals surface area contributed by atoms with Gasteiger partial charge in [-0.05, 0) is 41.1 Å². The van der Waals surface area contributed by atoms with Crippen molar-refractivity contribution in [3.63, 3.8) is 0 Å². The maximum absolute atomic E-state index is 10.9. The molecule has 0 aliphatic rings. The van der Waals surface area contributed by atoms with Gasteiger partial charge in [-0.1, -0.05) is 12.2 Å². The number of nitrogens with two attached hydrogens (primary N) is 2. The van der Waals surface area contributed by atoms with E-state index in [9.17, 15) is 4.79 Å². The van der Waals surface area contributed by atoms with Gasteiger partial charge in [0.15, 0.2) is 0 Å². The summed E-state index contributed by atoms with van der Waals surface area (Å²) in [6.07, 6.45) is 0. The summed E-state index contributed by atoms with van der Waals surface area (Å²) < 4.78 is 0.811. The molecule has 17 heavy (non-hydrogen) atoms. The second-order valence-corrected chi connectivity index (χ2v) is 4.80. The number of thiocarbonyl (C=S) groups is 1. The Balaban J connectivity index is 3.02. The lowest BCUT2D eigenvalue weighted by atomic mass is 10.2. The maximum atomic E-state index is 10.9. The van der Waals surface area contributed by atoms with Gasteiger partial charge >= 0.3 is 0 Å². The van der Waals surface area contributed by atoms with Crippen molar-refractivity contribution < 1.29 is 4.79 Å². The van der Waals surface area contributed by atoms with Crippen LogP contribution in [0.4, 0.5) is 5.69 Å². The molecule has 0 heterocycles. The number of benzene rings is 1. The summed E-state index contributed by atoms with van der Waals surface area (Å²) in [4.78, 5) is 13.1. The Labute approximate surface area is 114 Å². The third-order valence-corrected chi connectivity index (χ3v) is 3.19. The van der Waals surface area contributed by atoms with E-state index in [2.05, 4.69) is 15.9 Å². The number of hydrogen-bond donors (Lipinski definition) is 2.